The topological polar surface area (TPSA) is 43.8 Å². The maximum Gasteiger partial charge on any atom is 0.126 e. The molecule has 0 bridgehead atoms. The molecule has 0 aliphatic heterocycles. The molecule has 2 aromatic heterocycles. The molecule has 0 amide bonds. The molecule has 0 aliphatic rings. The van der Waals surface area contributed by atoms with Crippen molar-refractivity contribution in [3.05, 3.63) is 53.3 Å². The Kier molecular flexibility index (Phi) is 2.83. The summed E-state index contributed by atoms with van der Waals surface area (Å²) in [5.41, 5.74) is 9.35. The van der Waals surface area contributed by atoms with Gasteiger partial charge >= 0.3 is 0 Å². The van der Waals surface area contributed by atoms with Crippen molar-refractivity contribution in [2.75, 3.05) is 5.73 Å². The van der Waals surface area contributed by atoms with Gasteiger partial charge in [0.25, 0.3) is 0 Å². The van der Waals surface area contributed by atoms with Crippen LogP contribution in [-0.2, 0) is 0 Å². The summed E-state index contributed by atoms with van der Waals surface area (Å²) in [4.78, 5) is 1.07. The van der Waals surface area contributed by atoms with Crippen molar-refractivity contribution in [2.24, 2.45) is 0 Å². The largest absolute Gasteiger partial charge is 0.396 e. The van der Waals surface area contributed by atoms with E-state index in [1.54, 1.807) is 34.3 Å². The number of benzene rings is 1. The van der Waals surface area contributed by atoms with Crippen LogP contribution in [0.1, 0.15) is 5.56 Å². The fraction of sp³-hybridized carbons (Fsp3) is 0.0714. The van der Waals surface area contributed by atoms with Gasteiger partial charge in [0.15, 0.2) is 0 Å². The number of halogens is 1. The zero-order valence-corrected chi connectivity index (χ0v) is 11.1. The number of aryl methyl sites for hydroxylation is 1. The summed E-state index contributed by atoms with van der Waals surface area (Å²) in [6, 6.07) is 8.20. The number of thiophene rings is 1. The number of hydrogen-bond donors (Lipinski definition) is 1. The normalized spacial score (nSPS) is 10.8. The van der Waals surface area contributed by atoms with Crippen molar-refractivity contribution in [3.63, 3.8) is 0 Å². The monoisotopic (exact) mass is 273 g/mol. The zero-order chi connectivity index (χ0) is 13.4. The molecule has 3 nitrogen and oxygen atoms in total. The predicted octanol–water partition coefficient (Wildman–Crippen LogP) is 3.63. The Hall–Kier alpha value is -2.14. The molecule has 0 aliphatic carbocycles. The summed E-state index contributed by atoms with van der Waals surface area (Å²) in [5, 5.41) is 6.51. The molecule has 0 saturated carbocycles. The number of anilines is 1. The Labute approximate surface area is 114 Å². The van der Waals surface area contributed by atoms with Crippen LogP contribution in [-0.4, -0.2) is 9.78 Å². The highest BCUT2D eigenvalue weighted by molar-refractivity contribution is 7.13. The van der Waals surface area contributed by atoms with Gasteiger partial charge in [-0.05, 0) is 48.2 Å². The first-order valence-corrected chi connectivity index (χ1v) is 6.68. The van der Waals surface area contributed by atoms with Crippen LogP contribution in [0.2, 0.25) is 0 Å². The fourth-order valence-corrected chi connectivity index (χ4v) is 2.84. The van der Waals surface area contributed by atoms with Gasteiger partial charge in [0.05, 0.1) is 22.4 Å². The van der Waals surface area contributed by atoms with Crippen molar-refractivity contribution in [3.8, 4) is 16.3 Å². The van der Waals surface area contributed by atoms with Crippen molar-refractivity contribution in [1.82, 2.24) is 9.78 Å². The van der Waals surface area contributed by atoms with E-state index in [-0.39, 0.29) is 5.82 Å². The third-order valence-electron chi connectivity index (χ3n) is 2.91. The number of nitrogen functional groups attached to an aromatic ring is 1. The number of nitrogens with zero attached hydrogens (tertiary/aromatic N) is 2. The molecule has 1 aromatic carbocycles. The second-order valence-electron chi connectivity index (χ2n) is 4.29. The lowest BCUT2D eigenvalue weighted by Gasteiger charge is -2.00. The van der Waals surface area contributed by atoms with E-state index in [0.29, 0.717) is 5.69 Å². The van der Waals surface area contributed by atoms with Gasteiger partial charge in [-0.1, -0.05) is 0 Å². The minimum atomic E-state index is -0.266. The molecule has 5 heteroatoms. The van der Waals surface area contributed by atoms with Crippen molar-refractivity contribution in [2.45, 2.75) is 6.92 Å². The third kappa shape index (κ3) is 2.13. The van der Waals surface area contributed by atoms with Gasteiger partial charge in [0, 0.05) is 0 Å². The van der Waals surface area contributed by atoms with E-state index in [1.807, 2.05) is 18.4 Å². The molecular weight excluding hydrogens is 261 g/mol. The van der Waals surface area contributed by atoms with Crippen molar-refractivity contribution >= 4 is 17.0 Å². The van der Waals surface area contributed by atoms with E-state index < -0.39 is 0 Å². The van der Waals surface area contributed by atoms with Gasteiger partial charge in [-0.3, -0.25) is 0 Å². The predicted molar refractivity (Wildman–Crippen MR) is 76.0 cm³/mol. The van der Waals surface area contributed by atoms with Crippen molar-refractivity contribution < 1.29 is 4.39 Å². The number of rotatable bonds is 2. The Morgan fingerprint density at radius 2 is 1.95 bits per heavy atom. The molecule has 19 heavy (non-hydrogen) atoms. The van der Waals surface area contributed by atoms with Gasteiger partial charge in [-0.2, -0.15) is 5.10 Å². The van der Waals surface area contributed by atoms with Crippen LogP contribution in [0.15, 0.2) is 41.9 Å². The minimum absolute atomic E-state index is 0.266. The van der Waals surface area contributed by atoms with Gasteiger partial charge in [0.2, 0.25) is 0 Å². The second kappa shape index (κ2) is 4.51. The average Bonchev–Trinajstić information content (AvgIpc) is 2.96. The molecule has 0 fully saturated rings. The summed E-state index contributed by atoms with van der Waals surface area (Å²) in [5.74, 6) is -0.266. The Morgan fingerprint density at radius 3 is 2.58 bits per heavy atom. The average molecular weight is 273 g/mol. The van der Waals surface area contributed by atoms with E-state index in [0.717, 1.165) is 21.8 Å². The van der Waals surface area contributed by atoms with Crippen LogP contribution in [0.4, 0.5) is 10.1 Å². The summed E-state index contributed by atoms with van der Waals surface area (Å²) in [7, 11) is 0. The van der Waals surface area contributed by atoms with Crippen molar-refractivity contribution in [1.29, 1.82) is 0 Å². The molecule has 0 saturated heterocycles. The van der Waals surface area contributed by atoms with Gasteiger partial charge in [-0.25, -0.2) is 9.07 Å². The van der Waals surface area contributed by atoms with Crippen LogP contribution >= 0.6 is 11.3 Å². The molecule has 3 rings (SSSR count). The molecule has 3 aromatic rings. The smallest absolute Gasteiger partial charge is 0.126 e. The first kappa shape index (κ1) is 11.9. The van der Waals surface area contributed by atoms with E-state index >= 15 is 0 Å². The third-order valence-corrected chi connectivity index (χ3v) is 3.93. The Morgan fingerprint density at radius 1 is 1.21 bits per heavy atom. The maximum atomic E-state index is 12.9. The first-order chi connectivity index (χ1) is 9.15. The summed E-state index contributed by atoms with van der Waals surface area (Å²) in [6.07, 6.45) is 1.75. The minimum Gasteiger partial charge on any atom is -0.396 e. The first-order valence-electron chi connectivity index (χ1n) is 5.80. The van der Waals surface area contributed by atoms with Crippen LogP contribution in [0, 0.1) is 12.7 Å². The number of nitrogens with two attached hydrogens (primary N) is 1. The van der Waals surface area contributed by atoms with Crippen LogP contribution in [0.5, 0.6) is 0 Å². The quantitative estimate of drug-likeness (QED) is 0.774. The highest BCUT2D eigenvalue weighted by Gasteiger charge is 2.12. The SMILES string of the molecule is Cc1ccsc1-c1nn(-c2ccc(F)cc2)cc1N. The maximum absolute atomic E-state index is 12.9. The highest BCUT2D eigenvalue weighted by Crippen LogP contribution is 2.32. The lowest BCUT2D eigenvalue weighted by molar-refractivity contribution is 0.627. The van der Waals surface area contributed by atoms with Gasteiger partial charge in [0.1, 0.15) is 11.5 Å². The molecular formula is C14H12FN3S. The van der Waals surface area contributed by atoms with E-state index in [1.165, 1.54) is 12.1 Å². The lowest BCUT2D eigenvalue weighted by atomic mass is 10.2. The Bertz CT molecular complexity index is 713. The molecule has 2 heterocycles. The molecule has 0 atom stereocenters. The van der Waals surface area contributed by atoms with Crippen LogP contribution in [0.25, 0.3) is 16.3 Å². The number of hydrogen-bond acceptors (Lipinski definition) is 3. The van der Waals surface area contributed by atoms with Crippen LogP contribution < -0.4 is 5.73 Å². The molecule has 0 spiro atoms. The summed E-state index contributed by atoms with van der Waals surface area (Å²) < 4.78 is 14.6. The Balaban J connectivity index is 2.07. The molecule has 0 unspecified atom stereocenters. The van der Waals surface area contributed by atoms with E-state index in [4.69, 9.17) is 5.73 Å². The van der Waals surface area contributed by atoms with E-state index in [2.05, 4.69) is 5.10 Å². The fourth-order valence-electron chi connectivity index (χ4n) is 1.91. The summed E-state index contributed by atoms with van der Waals surface area (Å²) >= 11 is 1.61. The molecule has 0 radical (unpaired) electrons. The van der Waals surface area contributed by atoms with Crippen LogP contribution in [0.3, 0.4) is 0 Å². The van der Waals surface area contributed by atoms with E-state index in [9.17, 15) is 4.39 Å². The van der Waals surface area contributed by atoms with Gasteiger partial charge in [-0.15, -0.1) is 11.3 Å². The van der Waals surface area contributed by atoms with Gasteiger partial charge < -0.3 is 5.73 Å². The zero-order valence-electron chi connectivity index (χ0n) is 10.3. The standard InChI is InChI=1S/C14H12FN3S/c1-9-6-7-19-14(9)13-12(16)8-18(17-13)11-4-2-10(15)3-5-11/h2-8H,16H2,1H3. The lowest BCUT2D eigenvalue weighted by Crippen LogP contribution is -1.94. The molecule has 96 valence electrons. The summed E-state index contributed by atoms with van der Waals surface area (Å²) in [6.45, 7) is 2.03. The number of aromatic nitrogens is 2. The second-order valence-corrected chi connectivity index (χ2v) is 5.20. The highest BCUT2D eigenvalue weighted by atomic mass is 32.1. The molecule has 2 N–H and O–H groups in total.